The van der Waals surface area contributed by atoms with Crippen LogP contribution in [0.2, 0.25) is 0 Å². The van der Waals surface area contributed by atoms with Gasteiger partial charge in [-0.2, -0.15) is 11.8 Å². The van der Waals surface area contributed by atoms with Crippen molar-refractivity contribution in [3.63, 3.8) is 0 Å². The summed E-state index contributed by atoms with van der Waals surface area (Å²) in [6, 6.07) is 5.15. The molecule has 0 fully saturated rings. The van der Waals surface area contributed by atoms with Crippen LogP contribution in [-0.4, -0.2) is 35.9 Å². The van der Waals surface area contributed by atoms with E-state index in [2.05, 4.69) is 0 Å². The molecule has 1 aromatic carbocycles. The minimum atomic E-state index is -0.0657. The lowest BCUT2D eigenvalue weighted by Crippen LogP contribution is -2.36. The number of amides is 1. The van der Waals surface area contributed by atoms with E-state index < -0.39 is 0 Å². The summed E-state index contributed by atoms with van der Waals surface area (Å²) in [6.45, 7) is 2.02. The number of nitrogens with zero attached hydrogens (tertiary/aromatic N) is 1. The third kappa shape index (κ3) is 3.30. The van der Waals surface area contributed by atoms with Crippen molar-refractivity contribution >= 4 is 29.0 Å². The lowest BCUT2D eigenvalue weighted by molar-refractivity contribution is 0.0758. The molecule has 4 N–H and O–H groups in total. The van der Waals surface area contributed by atoms with E-state index in [0.29, 0.717) is 16.9 Å². The fraction of sp³-hybridized carbons (Fsp3) is 0.417. The zero-order valence-corrected chi connectivity index (χ0v) is 11.3. The molecule has 1 aromatic rings. The number of benzene rings is 1. The maximum absolute atomic E-state index is 12.2. The van der Waals surface area contributed by atoms with Crippen molar-refractivity contribution in [3.8, 4) is 0 Å². The van der Waals surface area contributed by atoms with Gasteiger partial charge in [0, 0.05) is 30.2 Å². The molecule has 4 nitrogen and oxygen atoms in total. The Kier molecular flexibility index (Phi) is 4.69. The molecule has 0 aliphatic rings. The van der Waals surface area contributed by atoms with E-state index in [9.17, 15) is 4.79 Å². The number of carbonyl (C=O) groups is 1. The third-order valence-corrected chi connectivity index (χ3v) is 3.51. The average molecular weight is 253 g/mol. The Morgan fingerprint density at radius 1 is 1.47 bits per heavy atom. The molecule has 0 bridgehead atoms. The topological polar surface area (TPSA) is 72.3 Å². The Hall–Kier alpha value is -1.36. The molecular weight excluding hydrogens is 234 g/mol. The molecule has 0 saturated heterocycles. The van der Waals surface area contributed by atoms with Crippen LogP contribution in [0.4, 0.5) is 11.4 Å². The number of hydrogen-bond donors (Lipinski definition) is 2. The molecule has 1 amide bonds. The van der Waals surface area contributed by atoms with Crippen molar-refractivity contribution in [2.24, 2.45) is 0 Å². The van der Waals surface area contributed by atoms with Crippen molar-refractivity contribution in [3.05, 3.63) is 23.8 Å². The quantitative estimate of drug-likeness (QED) is 0.801. The van der Waals surface area contributed by atoms with Crippen LogP contribution < -0.4 is 11.5 Å². The molecule has 1 atom stereocenters. The standard InChI is InChI=1S/C12H19N3OS/c1-8(7-17-3)15(2)12(16)10-5-4-9(13)6-11(10)14/h4-6,8H,7,13-14H2,1-3H3. The van der Waals surface area contributed by atoms with Gasteiger partial charge < -0.3 is 16.4 Å². The molecular formula is C12H19N3OS. The summed E-state index contributed by atoms with van der Waals surface area (Å²) in [5, 5.41) is 0. The molecule has 0 saturated carbocycles. The fourth-order valence-electron chi connectivity index (χ4n) is 1.52. The van der Waals surface area contributed by atoms with Crippen LogP contribution in [0.1, 0.15) is 17.3 Å². The first-order chi connectivity index (χ1) is 7.97. The summed E-state index contributed by atoms with van der Waals surface area (Å²) in [7, 11) is 1.79. The van der Waals surface area contributed by atoms with E-state index in [1.54, 1.807) is 41.9 Å². The monoisotopic (exact) mass is 253 g/mol. The second-order valence-electron chi connectivity index (χ2n) is 4.07. The van der Waals surface area contributed by atoms with Gasteiger partial charge in [0.05, 0.1) is 5.56 Å². The van der Waals surface area contributed by atoms with Gasteiger partial charge in [-0.05, 0) is 31.4 Å². The lowest BCUT2D eigenvalue weighted by atomic mass is 10.1. The highest BCUT2D eigenvalue weighted by atomic mass is 32.2. The Labute approximate surface area is 106 Å². The summed E-state index contributed by atoms with van der Waals surface area (Å²) in [4.78, 5) is 13.9. The highest BCUT2D eigenvalue weighted by Gasteiger charge is 2.18. The number of nitrogens with two attached hydrogens (primary N) is 2. The number of nitrogen functional groups attached to an aromatic ring is 2. The molecule has 0 radical (unpaired) electrons. The first-order valence-corrected chi connectivity index (χ1v) is 6.77. The van der Waals surface area contributed by atoms with Crippen LogP contribution in [-0.2, 0) is 0 Å². The summed E-state index contributed by atoms with van der Waals surface area (Å²) in [5.74, 6) is 0.834. The molecule has 1 unspecified atom stereocenters. The maximum atomic E-state index is 12.2. The largest absolute Gasteiger partial charge is 0.399 e. The highest BCUT2D eigenvalue weighted by molar-refractivity contribution is 7.98. The maximum Gasteiger partial charge on any atom is 0.255 e. The molecule has 0 aliphatic heterocycles. The smallest absolute Gasteiger partial charge is 0.255 e. The molecule has 1 rings (SSSR count). The Balaban J connectivity index is 2.88. The first kappa shape index (κ1) is 13.7. The van der Waals surface area contributed by atoms with E-state index in [0.717, 1.165) is 5.75 Å². The van der Waals surface area contributed by atoms with Gasteiger partial charge in [0.15, 0.2) is 0 Å². The normalized spacial score (nSPS) is 12.2. The van der Waals surface area contributed by atoms with Crippen LogP contribution in [0.3, 0.4) is 0 Å². The van der Waals surface area contributed by atoms with Crippen molar-refractivity contribution in [2.75, 3.05) is 30.5 Å². The minimum Gasteiger partial charge on any atom is -0.399 e. The minimum absolute atomic E-state index is 0.0657. The molecule has 5 heteroatoms. The first-order valence-electron chi connectivity index (χ1n) is 5.38. The number of carbonyl (C=O) groups excluding carboxylic acids is 1. The summed E-state index contributed by atoms with van der Waals surface area (Å²) in [6.07, 6.45) is 2.02. The molecule has 0 aliphatic carbocycles. The Morgan fingerprint density at radius 2 is 2.12 bits per heavy atom. The van der Waals surface area contributed by atoms with Crippen LogP contribution in [0, 0.1) is 0 Å². The molecule has 0 spiro atoms. The summed E-state index contributed by atoms with van der Waals surface area (Å²) >= 11 is 1.71. The number of thioether (sulfide) groups is 1. The number of anilines is 2. The molecule has 0 aromatic heterocycles. The zero-order valence-electron chi connectivity index (χ0n) is 10.4. The van der Waals surface area contributed by atoms with E-state index in [1.165, 1.54) is 0 Å². The number of rotatable bonds is 4. The Bertz CT molecular complexity index is 409. The fourth-order valence-corrected chi connectivity index (χ4v) is 2.23. The van der Waals surface area contributed by atoms with Gasteiger partial charge >= 0.3 is 0 Å². The van der Waals surface area contributed by atoms with Gasteiger partial charge in [-0.3, -0.25) is 4.79 Å². The predicted octanol–water partition coefficient (Wildman–Crippen LogP) is 1.67. The zero-order chi connectivity index (χ0) is 13.0. The van der Waals surface area contributed by atoms with Crippen molar-refractivity contribution < 1.29 is 4.79 Å². The highest BCUT2D eigenvalue weighted by Crippen LogP contribution is 2.18. The van der Waals surface area contributed by atoms with Crippen molar-refractivity contribution in [2.45, 2.75) is 13.0 Å². The molecule has 94 valence electrons. The third-order valence-electron chi connectivity index (χ3n) is 2.70. The van der Waals surface area contributed by atoms with Crippen molar-refractivity contribution in [1.82, 2.24) is 4.90 Å². The second-order valence-corrected chi connectivity index (χ2v) is 4.98. The van der Waals surface area contributed by atoms with Gasteiger partial charge in [-0.25, -0.2) is 0 Å². The lowest BCUT2D eigenvalue weighted by Gasteiger charge is -2.25. The summed E-state index contributed by atoms with van der Waals surface area (Å²) in [5.41, 5.74) is 12.9. The van der Waals surface area contributed by atoms with Crippen LogP contribution in [0.25, 0.3) is 0 Å². The number of hydrogen-bond acceptors (Lipinski definition) is 4. The van der Waals surface area contributed by atoms with Gasteiger partial charge in [0.2, 0.25) is 0 Å². The van der Waals surface area contributed by atoms with Crippen LogP contribution >= 0.6 is 11.8 Å². The van der Waals surface area contributed by atoms with Crippen LogP contribution in [0.15, 0.2) is 18.2 Å². The average Bonchev–Trinajstić information content (AvgIpc) is 2.27. The van der Waals surface area contributed by atoms with Crippen LogP contribution in [0.5, 0.6) is 0 Å². The van der Waals surface area contributed by atoms with E-state index >= 15 is 0 Å². The van der Waals surface area contributed by atoms with Gasteiger partial charge in [-0.15, -0.1) is 0 Å². The van der Waals surface area contributed by atoms with Gasteiger partial charge in [-0.1, -0.05) is 0 Å². The van der Waals surface area contributed by atoms with E-state index in [-0.39, 0.29) is 11.9 Å². The van der Waals surface area contributed by atoms with Gasteiger partial charge in [0.25, 0.3) is 5.91 Å². The SMILES string of the molecule is CSCC(C)N(C)C(=O)c1ccc(N)cc1N. The second kappa shape index (κ2) is 5.82. The van der Waals surface area contributed by atoms with Gasteiger partial charge in [0.1, 0.15) is 0 Å². The molecule has 17 heavy (non-hydrogen) atoms. The van der Waals surface area contributed by atoms with Crippen molar-refractivity contribution in [1.29, 1.82) is 0 Å². The Morgan fingerprint density at radius 3 is 2.65 bits per heavy atom. The van der Waals surface area contributed by atoms with E-state index in [4.69, 9.17) is 11.5 Å². The van der Waals surface area contributed by atoms with E-state index in [1.807, 2.05) is 13.2 Å². The summed E-state index contributed by atoms with van der Waals surface area (Å²) < 4.78 is 0. The molecule has 0 heterocycles. The predicted molar refractivity (Wildman–Crippen MR) is 75.2 cm³/mol.